The van der Waals surface area contributed by atoms with Crippen LogP contribution in [0.2, 0.25) is 0 Å². The number of carbonyl (C=O) groups excluding carboxylic acids is 2. The summed E-state index contributed by atoms with van der Waals surface area (Å²) >= 11 is 0. The third-order valence-corrected chi connectivity index (χ3v) is 5.30. The molecule has 0 aromatic heterocycles. The average Bonchev–Trinajstić information content (AvgIpc) is 3.44. The molecule has 29 heavy (non-hydrogen) atoms. The van der Waals surface area contributed by atoms with Crippen molar-refractivity contribution in [2.45, 2.75) is 18.9 Å². The lowest BCUT2D eigenvalue weighted by Crippen LogP contribution is -2.41. The van der Waals surface area contributed by atoms with E-state index in [-0.39, 0.29) is 31.2 Å². The highest BCUT2D eigenvalue weighted by Crippen LogP contribution is 2.32. The zero-order valence-corrected chi connectivity index (χ0v) is 16.2. The van der Waals surface area contributed by atoms with E-state index in [2.05, 4.69) is 27.7 Å². The number of carbonyl (C=O) groups is 2. The molecular weight excluding hydrogens is 370 g/mol. The van der Waals surface area contributed by atoms with Gasteiger partial charge in [0, 0.05) is 12.1 Å². The molecule has 2 aliphatic rings. The van der Waals surface area contributed by atoms with Crippen LogP contribution in [0.1, 0.15) is 34.8 Å². The number of hydrogen-bond acceptors (Lipinski definition) is 5. The highest BCUT2D eigenvalue weighted by atomic mass is 16.7. The van der Waals surface area contributed by atoms with Crippen LogP contribution in [0, 0.1) is 0 Å². The first kappa shape index (κ1) is 19.3. The van der Waals surface area contributed by atoms with E-state index in [9.17, 15) is 9.59 Å². The van der Waals surface area contributed by atoms with Crippen molar-refractivity contribution < 1.29 is 19.1 Å². The summed E-state index contributed by atoms with van der Waals surface area (Å²) in [7, 11) is 0. The molecule has 0 radical (unpaired) electrons. The summed E-state index contributed by atoms with van der Waals surface area (Å²) in [6.45, 7) is 2.67. The molecule has 2 aliphatic heterocycles. The summed E-state index contributed by atoms with van der Waals surface area (Å²) in [4.78, 5) is 27.1. The molecule has 0 saturated carbocycles. The van der Waals surface area contributed by atoms with Crippen LogP contribution in [0.5, 0.6) is 11.5 Å². The molecule has 7 nitrogen and oxygen atoms in total. The first-order valence-corrected chi connectivity index (χ1v) is 9.94. The van der Waals surface area contributed by atoms with Crippen LogP contribution in [0.4, 0.5) is 0 Å². The fourth-order valence-corrected chi connectivity index (χ4v) is 3.76. The second kappa shape index (κ2) is 8.96. The van der Waals surface area contributed by atoms with Crippen molar-refractivity contribution in [3.8, 4) is 11.5 Å². The van der Waals surface area contributed by atoms with Gasteiger partial charge in [0.2, 0.25) is 12.7 Å². The molecule has 2 heterocycles. The number of nitrogens with zero attached hydrogens (tertiary/aromatic N) is 1. The fourth-order valence-electron chi connectivity index (χ4n) is 3.76. The Morgan fingerprint density at radius 3 is 2.52 bits per heavy atom. The predicted octanol–water partition coefficient (Wildman–Crippen LogP) is 2.10. The Morgan fingerprint density at radius 1 is 0.966 bits per heavy atom. The highest BCUT2D eigenvalue weighted by Gasteiger charge is 2.24. The van der Waals surface area contributed by atoms with Gasteiger partial charge in [-0.1, -0.05) is 30.3 Å². The van der Waals surface area contributed by atoms with E-state index in [1.165, 1.54) is 18.4 Å². The lowest BCUT2D eigenvalue weighted by atomic mass is 10.1. The first-order valence-electron chi connectivity index (χ1n) is 9.94. The van der Waals surface area contributed by atoms with E-state index in [1.807, 2.05) is 18.2 Å². The zero-order chi connectivity index (χ0) is 20.1. The highest BCUT2D eigenvalue weighted by molar-refractivity contribution is 5.97. The quantitative estimate of drug-likeness (QED) is 0.751. The van der Waals surface area contributed by atoms with Gasteiger partial charge in [0.15, 0.2) is 11.5 Å². The molecule has 1 saturated heterocycles. The molecule has 1 fully saturated rings. The van der Waals surface area contributed by atoms with E-state index >= 15 is 0 Å². The summed E-state index contributed by atoms with van der Waals surface area (Å²) in [5.74, 6) is 0.628. The van der Waals surface area contributed by atoms with Crippen molar-refractivity contribution in [3.05, 3.63) is 59.7 Å². The van der Waals surface area contributed by atoms with Gasteiger partial charge < -0.3 is 20.1 Å². The Balaban J connectivity index is 1.30. The minimum Gasteiger partial charge on any atom is -0.454 e. The third kappa shape index (κ3) is 4.68. The average molecular weight is 395 g/mol. The Hall–Kier alpha value is -3.06. The number of nitrogens with one attached hydrogen (secondary N) is 2. The molecule has 0 bridgehead atoms. The summed E-state index contributed by atoms with van der Waals surface area (Å²) < 4.78 is 10.5. The Kier molecular flexibility index (Phi) is 5.95. The number of rotatable bonds is 7. The molecule has 1 unspecified atom stereocenters. The van der Waals surface area contributed by atoms with Crippen LogP contribution in [0.25, 0.3) is 0 Å². The first-order chi connectivity index (χ1) is 14.2. The van der Waals surface area contributed by atoms with Gasteiger partial charge in [-0.05, 0) is 49.7 Å². The van der Waals surface area contributed by atoms with Crippen LogP contribution < -0.4 is 20.1 Å². The van der Waals surface area contributed by atoms with Gasteiger partial charge in [0.25, 0.3) is 5.91 Å². The largest absolute Gasteiger partial charge is 0.454 e. The maximum atomic E-state index is 12.3. The van der Waals surface area contributed by atoms with Crippen molar-refractivity contribution in [2.24, 2.45) is 0 Å². The van der Waals surface area contributed by atoms with Gasteiger partial charge in [-0.2, -0.15) is 0 Å². The van der Waals surface area contributed by atoms with Gasteiger partial charge >= 0.3 is 0 Å². The molecule has 2 aromatic carbocycles. The smallest absolute Gasteiger partial charge is 0.251 e. The van der Waals surface area contributed by atoms with Gasteiger partial charge in [0.05, 0.1) is 12.6 Å². The number of hydrogen-bond donors (Lipinski definition) is 2. The van der Waals surface area contributed by atoms with Gasteiger partial charge in [-0.15, -0.1) is 0 Å². The zero-order valence-electron chi connectivity index (χ0n) is 16.2. The van der Waals surface area contributed by atoms with Crippen LogP contribution >= 0.6 is 0 Å². The van der Waals surface area contributed by atoms with Crippen molar-refractivity contribution in [2.75, 3.05) is 33.0 Å². The van der Waals surface area contributed by atoms with Gasteiger partial charge in [-0.25, -0.2) is 0 Å². The second-order valence-corrected chi connectivity index (χ2v) is 7.22. The fraction of sp³-hybridized carbons (Fsp3) is 0.364. The number of ether oxygens (including phenoxy) is 2. The summed E-state index contributed by atoms with van der Waals surface area (Å²) in [5, 5.41) is 5.63. The number of amides is 2. The number of benzene rings is 2. The van der Waals surface area contributed by atoms with Crippen LogP contribution in [0.3, 0.4) is 0 Å². The van der Waals surface area contributed by atoms with Gasteiger partial charge in [0.1, 0.15) is 0 Å². The molecule has 2 N–H and O–H groups in total. The van der Waals surface area contributed by atoms with Gasteiger partial charge in [-0.3, -0.25) is 14.5 Å². The number of likely N-dealkylation sites (tertiary alicyclic amines) is 1. The molecule has 1 atom stereocenters. The summed E-state index contributed by atoms with van der Waals surface area (Å²) in [5.41, 5.74) is 1.63. The predicted molar refractivity (Wildman–Crippen MR) is 108 cm³/mol. The monoisotopic (exact) mass is 395 g/mol. The van der Waals surface area contributed by atoms with Crippen LogP contribution in [-0.4, -0.2) is 49.7 Å². The lowest BCUT2D eigenvalue weighted by Gasteiger charge is -2.28. The molecule has 2 aromatic rings. The SMILES string of the molecule is O=C(CNC(=O)c1ccc2c(c1)OCO2)NCC(c1ccccc1)N1CCCC1. The van der Waals surface area contributed by atoms with Crippen molar-refractivity contribution in [1.82, 2.24) is 15.5 Å². The molecule has 4 rings (SSSR count). The maximum Gasteiger partial charge on any atom is 0.251 e. The minimum absolute atomic E-state index is 0.0746. The van der Waals surface area contributed by atoms with E-state index in [1.54, 1.807) is 18.2 Å². The molecule has 2 amide bonds. The van der Waals surface area contributed by atoms with E-state index in [4.69, 9.17) is 9.47 Å². The summed E-state index contributed by atoms with van der Waals surface area (Å²) in [6.07, 6.45) is 2.37. The maximum absolute atomic E-state index is 12.3. The van der Waals surface area contributed by atoms with E-state index < -0.39 is 0 Å². The molecular formula is C22H25N3O4. The second-order valence-electron chi connectivity index (χ2n) is 7.22. The topological polar surface area (TPSA) is 79.9 Å². The van der Waals surface area contributed by atoms with Crippen LogP contribution in [0.15, 0.2) is 48.5 Å². The standard InChI is InChI=1S/C22H25N3O4/c26-21(14-24-22(27)17-8-9-19-20(12-17)29-15-28-19)23-13-18(25-10-4-5-11-25)16-6-2-1-3-7-16/h1-3,6-9,12,18H,4-5,10-11,13-15H2,(H,23,26)(H,24,27). The molecule has 0 aliphatic carbocycles. The molecule has 7 heteroatoms. The van der Waals surface area contributed by atoms with Crippen molar-refractivity contribution >= 4 is 11.8 Å². The van der Waals surface area contributed by atoms with Crippen molar-refractivity contribution in [3.63, 3.8) is 0 Å². The molecule has 152 valence electrons. The van der Waals surface area contributed by atoms with Crippen molar-refractivity contribution in [1.29, 1.82) is 0 Å². The summed E-state index contributed by atoms with van der Waals surface area (Å²) in [6, 6.07) is 15.3. The van der Waals surface area contributed by atoms with Crippen LogP contribution in [-0.2, 0) is 4.79 Å². The Labute approximate surface area is 170 Å². The minimum atomic E-state index is -0.322. The number of fused-ring (bicyclic) bond motifs is 1. The Bertz CT molecular complexity index is 866. The normalized spacial score (nSPS) is 16.4. The Morgan fingerprint density at radius 2 is 1.72 bits per heavy atom. The molecule has 0 spiro atoms. The third-order valence-electron chi connectivity index (χ3n) is 5.30. The van der Waals surface area contributed by atoms with E-state index in [0.717, 1.165) is 13.1 Å². The lowest BCUT2D eigenvalue weighted by molar-refractivity contribution is -0.120. The van der Waals surface area contributed by atoms with E-state index in [0.29, 0.717) is 23.6 Å².